The first-order valence-corrected chi connectivity index (χ1v) is 6.75. The number of non-ortho nitro benzene ring substituents is 1. The van der Waals surface area contributed by atoms with E-state index in [-0.39, 0.29) is 30.0 Å². The molecular weight excluding hydrogens is 350 g/mol. The van der Waals surface area contributed by atoms with Crippen LogP contribution in [-0.4, -0.2) is 41.4 Å². The van der Waals surface area contributed by atoms with Crippen LogP contribution in [0.2, 0.25) is 0 Å². The van der Waals surface area contributed by atoms with Crippen molar-refractivity contribution in [3.63, 3.8) is 0 Å². The van der Waals surface area contributed by atoms with Crippen molar-refractivity contribution < 1.29 is 9.72 Å². The molecule has 1 aliphatic rings. The summed E-state index contributed by atoms with van der Waals surface area (Å²) >= 11 is 3.23. The van der Waals surface area contributed by atoms with Crippen molar-refractivity contribution in [2.24, 2.45) is 0 Å². The Morgan fingerprint density at radius 1 is 1.55 bits per heavy atom. The van der Waals surface area contributed by atoms with E-state index in [0.717, 1.165) is 6.54 Å². The van der Waals surface area contributed by atoms with E-state index in [9.17, 15) is 14.9 Å². The van der Waals surface area contributed by atoms with Gasteiger partial charge in [0.2, 0.25) is 0 Å². The van der Waals surface area contributed by atoms with Crippen LogP contribution in [0, 0.1) is 10.1 Å². The number of piperazine rings is 1. The van der Waals surface area contributed by atoms with Gasteiger partial charge in [-0.3, -0.25) is 14.9 Å². The van der Waals surface area contributed by atoms with E-state index in [2.05, 4.69) is 21.2 Å². The number of hydrogen-bond acceptors (Lipinski definition) is 4. The smallest absolute Gasteiger partial charge is 0.270 e. The van der Waals surface area contributed by atoms with Crippen molar-refractivity contribution in [1.29, 1.82) is 0 Å². The second kappa shape index (κ2) is 7.01. The second-order valence-corrected chi connectivity index (χ2v) is 5.38. The SMILES string of the molecule is C[C@@H]1CN(C(=O)c2ccc([N+](=O)[O-])cc2Br)CCN1.Cl. The molecule has 0 spiro atoms. The van der Waals surface area contributed by atoms with Crippen LogP contribution in [0.5, 0.6) is 0 Å². The van der Waals surface area contributed by atoms with E-state index in [4.69, 9.17) is 0 Å². The fourth-order valence-corrected chi connectivity index (χ4v) is 2.61. The zero-order valence-corrected chi connectivity index (χ0v) is 13.2. The molecule has 1 fully saturated rings. The Labute approximate surface area is 131 Å². The van der Waals surface area contributed by atoms with Gasteiger partial charge in [-0.1, -0.05) is 0 Å². The Balaban J connectivity index is 0.00000200. The summed E-state index contributed by atoms with van der Waals surface area (Å²) in [4.78, 5) is 24.3. The summed E-state index contributed by atoms with van der Waals surface area (Å²) in [5.74, 6) is -0.102. The van der Waals surface area contributed by atoms with E-state index in [1.165, 1.54) is 18.2 Å². The standard InChI is InChI=1S/C12H14BrN3O3.ClH/c1-8-7-15(5-4-14-8)12(17)10-3-2-9(16(18)19)6-11(10)13;/h2-3,6,8,14H,4-5,7H2,1H3;1H/t8-;/m1./s1. The third-order valence-electron chi connectivity index (χ3n) is 3.05. The van der Waals surface area contributed by atoms with Crippen LogP contribution in [0.15, 0.2) is 22.7 Å². The molecule has 0 bridgehead atoms. The molecular formula is C12H15BrClN3O3. The number of nitro groups is 1. The normalized spacial score (nSPS) is 18.3. The first kappa shape index (κ1) is 16.9. The molecule has 1 saturated heterocycles. The first-order valence-electron chi connectivity index (χ1n) is 5.95. The van der Waals surface area contributed by atoms with Crippen LogP contribution < -0.4 is 5.32 Å². The summed E-state index contributed by atoms with van der Waals surface area (Å²) in [5.41, 5.74) is 0.428. The fraction of sp³-hybridized carbons (Fsp3) is 0.417. The topological polar surface area (TPSA) is 75.5 Å². The van der Waals surface area contributed by atoms with Gasteiger partial charge in [0.05, 0.1) is 10.5 Å². The number of benzene rings is 1. The number of carbonyl (C=O) groups is 1. The molecule has 1 aromatic rings. The maximum atomic E-state index is 12.3. The highest BCUT2D eigenvalue weighted by atomic mass is 79.9. The van der Waals surface area contributed by atoms with Gasteiger partial charge in [-0.05, 0) is 28.9 Å². The van der Waals surface area contributed by atoms with Crippen molar-refractivity contribution in [3.05, 3.63) is 38.3 Å². The molecule has 0 unspecified atom stereocenters. The van der Waals surface area contributed by atoms with Crippen LogP contribution in [0.3, 0.4) is 0 Å². The predicted molar refractivity (Wildman–Crippen MR) is 81.4 cm³/mol. The number of rotatable bonds is 2. The van der Waals surface area contributed by atoms with Gasteiger partial charge in [0.25, 0.3) is 11.6 Å². The van der Waals surface area contributed by atoms with Crippen molar-refractivity contribution in [1.82, 2.24) is 10.2 Å². The third kappa shape index (κ3) is 3.68. The molecule has 0 aromatic heterocycles. The summed E-state index contributed by atoms with van der Waals surface area (Å²) in [5, 5.41) is 13.9. The number of amides is 1. The Kier molecular flexibility index (Phi) is 5.91. The quantitative estimate of drug-likeness (QED) is 0.645. The van der Waals surface area contributed by atoms with Gasteiger partial charge in [-0.15, -0.1) is 12.4 Å². The van der Waals surface area contributed by atoms with Gasteiger partial charge in [-0.25, -0.2) is 0 Å². The minimum Gasteiger partial charge on any atom is -0.336 e. The average Bonchev–Trinajstić information content (AvgIpc) is 2.37. The number of carbonyl (C=O) groups excluding carboxylic acids is 1. The summed E-state index contributed by atoms with van der Waals surface area (Å²) in [7, 11) is 0. The van der Waals surface area contributed by atoms with Gasteiger partial charge in [0.1, 0.15) is 0 Å². The van der Waals surface area contributed by atoms with Gasteiger partial charge >= 0.3 is 0 Å². The van der Waals surface area contributed by atoms with Crippen LogP contribution in [0.4, 0.5) is 5.69 Å². The first-order chi connectivity index (χ1) is 8.99. The van der Waals surface area contributed by atoms with Crippen molar-refractivity contribution in [2.75, 3.05) is 19.6 Å². The molecule has 20 heavy (non-hydrogen) atoms. The predicted octanol–water partition coefficient (Wildman–Crippen LogP) is 2.21. The minimum absolute atomic E-state index is 0. The molecule has 0 radical (unpaired) electrons. The zero-order valence-electron chi connectivity index (χ0n) is 10.8. The lowest BCUT2D eigenvalue weighted by Gasteiger charge is -2.32. The molecule has 0 aliphatic carbocycles. The van der Waals surface area contributed by atoms with Crippen LogP contribution >= 0.6 is 28.3 Å². The lowest BCUT2D eigenvalue weighted by Crippen LogP contribution is -2.51. The minimum atomic E-state index is -0.480. The van der Waals surface area contributed by atoms with E-state index in [0.29, 0.717) is 23.1 Å². The van der Waals surface area contributed by atoms with Gasteiger partial charge < -0.3 is 10.2 Å². The highest BCUT2D eigenvalue weighted by Crippen LogP contribution is 2.24. The summed E-state index contributed by atoms with van der Waals surface area (Å²) in [6.07, 6.45) is 0. The molecule has 6 nitrogen and oxygen atoms in total. The molecule has 1 aliphatic heterocycles. The molecule has 0 saturated carbocycles. The van der Waals surface area contributed by atoms with Gasteiger partial charge in [-0.2, -0.15) is 0 Å². The highest BCUT2D eigenvalue weighted by Gasteiger charge is 2.24. The average molecular weight is 365 g/mol. The monoisotopic (exact) mass is 363 g/mol. The number of halogens is 2. The maximum absolute atomic E-state index is 12.3. The fourth-order valence-electron chi connectivity index (χ4n) is 2.08. The Morgan fingerprint density at radius 3 is 2.80 bits per heavy atom. The van der Waals surface area contributed by atoms with Crippen molar-refractivity contribution in [2.45, 2.75) is 13.0 Å². The number of nitrogens with zero attached hydrogens (tertiary/aromatic N) is 2. The molecule has 1 amide bonds. The lowest BCUT2D eigenvalue weighted by molar-refractivity contribution is -0.384. The van der Waals surface area contributed by atoms with Crippen LogP contribution in [0.1, 0.15) is 17.3 Å². The largest absolute Gasteiger partial charge is 0.336 e. The highest BCUT2D eigenvalue weighted by molar-refractivity contribution is 9.10. The molecule has 1 heterocycles. The van der Waals surface area contributed by atoms with Gasteiger partial charge in [0, 0.05) is 42.3 Å². The summed E-state index contributed by atoms with van der Waals surface area (Å²) < 4.78 is 0.456. The molecule has 1 aromatic carbocycles. The van der Waals surface area contributed by atoms with E-state index >= 15 is 0 Å². The zero-order chi connectivity index (χ0) is 14.0. The van der Waals surface area contributed by atoms with Crippen LogP contribution in [-0.2, 0) is 0 Å². The Hall–Kier alpha value is -1.18. The van der Waals surface area contributed by atoms with Crippen molar-refractivity contribution >= 4 is 39.9 Å². The lowest BCUT2D eigenvalue weighted by atomic mass is 10.1. The number of nitrogens with one attached hydrogen (secondary N) is 1. The Bertz CT molecular complexity index is 527. The Morgan fingerprint density at radius 2 is 2.25 bits per heavy atom. The number of hydrogen-bond donors (Lipinski definition) is 1. The van der Waals surface area contributed by atoms with E-state index in [1.807, 2.05) is 6.92 Å². The van der Waals surface area contributed by atoms with Crippen LogP contribution in [0.25, 0.3) is 0 Å². The molecule has 8 heteroatoms. The van der Waals surface area contributed by atoms with E-state index < -0.39 is 4.92 Å². The van der Waals surface area contributed by atoms with Gasteiger partial charge in [0.15, 0.2) is 0 Å². The summed E-state index contributed by atoms with van der Waals surface area (Å²) in [6.45, 7) is 4.07. The van der Waals surface area contributed by atoms with Crippen molar-refractivity contribution in [3.8, 4) is 0 Å². The maximum Gasteiger partial charge on any atom is 0.270 e. The second-order valence-electron chi connectivity index (χ2n) is 4.53. The molecule has 1 atom stereocenters. The molecule has 110 valence electrons. The number of nitro benzene ring substituents is 1. The molecule has 2 rings (SSSR count). The third-order valence-corrected chi connectivity index (χ3v) is 3.71. The summed E-state index contributed by atoms with van der Waals surface area (Å²) in [6, 6.07) is 4.47. The van der Waals surface area contributed by atoms with E-state index in [1.54, 1.807) is 4.90 Å². The molecule has 1 N–H and O–H groups in total.